The Balaban J connectivity index is 1.27. The van der Waals surface area contributed by atoms with Crippen molar-refractivity contribution in [3.63, 3.8) is 0 Å². The minimum Gasteiger partial charge on any atom is -0.460 e. The molecule has 2 aliphatic heterocycles. The Bertz CT molecular complexity index is 1140. The van der Waals surface area contributed by atoms with Crippen molar-refractivity contribution in [2.24, 2.45) is 0 Å². The van der Waals surface area contributed by atoms with Crippen LogP contribution in [0, 0.1) is 0 Å². The van der Waals surface area contributed by atoms with Crippen LogP contribution in [0.4, 0.5) is 0 Å². The highest BCUT2D eigenvalue weighted by Gasteiger charge is 2.42. The number of aromatic amines is 1. The van der Waals surface area contributed by atoms with E-state index in [9.17, 15) is 9.59 Å². The third-order valence-electron chi connectivity index (χ3n) is 6.12. The average molecular weight is 421 g/mol. The molecule has 1 N–H and O–H groups in total. The zero-order valence-electron chi connectivity index (χ0n) is 17.0. The molecule has 5 rings (SSSR count). The van der Waals surface area contributed by atoms with Gasteiger partial charge in [-0.15, -0.1) is 0 Å². The van der Waals surface area contributed by atoms with Crippen molar-refractivity contribution in [3.8, 4) is 6.01 Å². The highest BCUT2D eigenvalue weighted by molar-refractivity contribution is 6.04. The van der Waals surface area contributed by atoms with Crippen LogP contribution in [-0.4, -0.2) is 62.4 Å². The van der Waals surface area contributed by atoms with E-state index in [0.29, 0.717) is 36.5 Å². The molecular weight excluding hydrogens is 398 g/mol. The number of likely N-dealkylation sites (tertiary alicyclic amines) is 1. The predicted molar refractivity (Wildman–Crippen MR) is 112 cm³/mol. The lowest BCUT2D eigenvalue weighted by atomic mass is 9.83. The molecule has 9 nitrogen and oxygen atoms in total. The van der Waals surface area contributed by atoms with E-state index in [1.54, 1.807) is 47.6 Å². The van der Waals surface area contributed by atoms with Crippen LogP contribution in [0.1, 0.15) is 36.2 Å². The van der Waals surface area contributed by atoms with Crippen LogP contribution in [0.2, 0.25) is 0 Å². The van der Waals surface area contributed by atoms with E-state index in [-0.39, 0.29) is 28.9 Å². The fourth-order valence-electron chi connectivity index (χ4n) is 4.47. The quantitative estimate of drug-likeness (QED) is 0.688. The van der Waals surface area contributed by atoms with Gasteiger partial charge in [0.1, 0.15) is 6.10 Å². The third-order valence-corrected chi connectivity index (χ3v) is 6.12. The van der Waals surface area contributed by atoms with Crippen LogP contribution in [0.25, 0.3) is 10.8 Å². The van der Waals surface area contributed by atoms with Crippen molar-refractivity contribution in [2.75, 3.05) is 19.7 Å². The van der Waals surface area contributed by atoms with Crippen LogP contribution in [-0.2, 0) is 4.74 Å². The summed E-state index contributed by atoms with van der Waals surface area (Å²) in [7, 11) is 0. The molecule has 0 bridgehead atoms. The highest BCUT2D eigenvalue weighted by atomic mass is 16.5. The molecule has 1 spiro atoms. The van der Waals surface area contributed by atoms with E-state index >= 15 is 0 Å². The monoisotopic (exact) mass is 421 g/mol. The topological polar surface area (TPSA) is 110 Å². The molecule has 3 aromatic rings. The van der Waals surface area contributed by atoms with E-state index in [0.717, 1.165) is 25.7 Å². The molecule has 9 heteroatoms. The van der Waals surface area contributed by atoms with Crippen LogP contribution in [0.3, 0.4) is 0 Å². The lowest BCUT2D eigenvalue weighted by Gasteiger charge is -2.45. The first kappa shape index (κ1) is 19.6. The lowest BCUT2D eigenvalue weighted by Crippen LogP contribution is -2.52. The van der Waals surface area contributed by atoms with Crippen LogP contribution >= 0.6 is 0 Å². The number of piperidine rings is 1. The molecule has 1 aromatic carbocycles. The number of amides is 1. The largest absolute Gasteiger partial charge is 0.460 e. The number of carbonyl (C=O) groups is 1. The zero-order chi connectivity index (χ0) is 21.3. The van der Waals surface area contributed by atoms with Crippen LogP contribution in [0.5, 0.6) is 6.01 Å². The van der Waals surface area contributed by atoms with Gasteiger partial charge in [-0.3, -0.25) is 9.59 Å². The van der Waals surface area contributed by atoms with Gasteiger partial charge < -0.3 is 14.4 Å². The van der Waals surface area contributed by atoms with Gasteiger partial charge in [0.15, 0.2) is 5.69 Å². The van der Waals surface area contributed by atoms with Crippen molar-refractivity contribution >= 4 is 16.7 Å². The number of hydrogen-bond acceptors (Lipinski definition) is 7. The number of rotatable bonds is 3. The summed E-state index contributed by atoms with van der Waals surface area (Å²) in [5.74, 6) is -0.177. The number of H-pyrrole nitrogens is 1. The Hall–Kier alpha value is -3.33. The maximum Gasteiger partial charge on any atom is 0.316 e. The minimum absolute atomic E-state index is 0.0109. The maximum atomic E-state index is 13.2. The van der Waals surface area contributed by atoms with Gasteiger partial charge in [-0.05, 0) is 25.0 Å². The molecule has 160 valence electrons. The first-order valence-electron chi connectivity index (χ1n) is 10.5. The van der Waals surface area contributed by atoms with Gasteiger partial charge in [0, 0.05) is 43.7 Å². The molecule has 1 amide bonds. The van der Waals surface area contributed by atoms with Gasteiger partial charge in [-0.2, -0.15) is 5.10 Å². The highest BCUT2D eigenvalue weighted by Crippen LogP contribution is 2.36. The smallest absolute Gasteiger partial charge is 0.316 e. The molecule has 0 aliphatic carbocycles. The number of carbonyl (C=O) groups excluding carboxylic acids is 1. The second-order valence-electron chi connectivity index (χ2n) is 8.03. The summed E-state index contributed by atoms with van der Waals surface area (Å²) in [5.41, 5.74) is -0.332. The summed E-state index contributed by atoms with van der Waals surface area (Å²) in [6.45, 7) is 1.72. The molecule has 1 unspecified atom stereocenters. The molecule has 2 fully saturated rings. The van der Waals surface area contributed by atoms with Crippen molar-refractivity contribution < 1.29 is 14.3 Å². The van der Waals surface area contributed by atoms with Crippen LogP contribution in [0.15, 0.2) is 47.5 Å². The summed E-state index contributed by atoms with van der Waals surface area (Å²) < 4.78 is 12.1. The van der Waals surface area contributed by atoms with Gasteiger partial charge >= 0.3 is 6.01 Å². The predicted octanol–water partition coefficient (Wildman–Crippen LogP) is 1.95. The van der Waals surface area contributed by atoms with E-state index in [1.165, 1.54) is 0 Å². The molecule has 4 heterocycles. The molecule has 2 aromatic heterocycles. The van der Waals surface area contributed by atoms with Crippen molar-refractivity contribution in [1.82, 2.24) is 25.1 Å². The number of hydrogen-bond donors (Lipinski definition) is 1. The number of nitrogens with one attached hydrogen (secondary N) is 1. The normalized spacial score (nSPS) is 20.6. The Labute approximate surface area is 178 Å². The number of nitrogens with zero attached hydrogens (tertiary/aromatic N) is 4. The summed E-state index contributed by atoms with van der Waals surface area (Å²) in [6, 6.07) is 9.17. The Kier molecular flexibility index (Phi) is 5.11. The van der Waals surface area contributed by atoms with E-state index < -0.39 is 0 Å². The van der Waals surface area contributed by atoms with Gasteiger partial charge in [-0.1, -0.05) is 18.2 Å². The number of aromatic nitrogens is 4. The molecule has 2 aliphatic rings. The molecule has 31 heavy (non-hydrogen) atoms. The number of ether oxygens (including phenoxy) is 2. The molecule has 1 atom stereocenters. The number of benzene rings is 1. The van der Waals surface area contributed by atoms with Gasteiger partial charge in [0.05, 0.1) is 17.6 Å². The Morgan fingerprint density at radius 1 is 1.13 bits per heavy atom. The van der Waals surface area contributed by atoms with Crippen molar-refractivity contribution in [3.05, 3.63) is 58.8 Å². The van der Waals surface area contributed by atoms with Gasteiger partial charge in [-0.25, -0.2) is 15.1 Å². The van der Waals surface area contributed by atoms with Gasteiger partial charge in [0.2, 0.25) is 0 Å². The van der Waals surface area contributed by atoms with E-state index in [2.05, 4.69) is 20.2 Å². The summed E-state index contributed by atoms with van der Waals surface area (Å²) in [4.78, 5) is 35.3. The average Bonchev–Trinajstić information content (AvgIpc) is 2.80. The maximum absolute atomic E-state index is 13.2. The Morgan fingerprint density at radius 3 is 2.65 bits per heavy atom. The minimum atomic E-state index is -0.311. The third kappa shape index (κ3) is 3.88. The van der Waals surface area contributed by atoms with E-state index in [1.807, 2.05) is 0 Å². The molecule has 0 radical (unpaired) electrons. The fraction of sp³-hybridized carbons (Fsp3) is 0.409. The zero-order valence-corrected chi connectivity index (χ0v) is 17.0. The van der Waals surface area contributed by atoms with E-state index in [4.69, 9.17) is 9.47 Å². The first-order valence-corrected chi connectivity index (χ1v) is 10.5. The van der Waals surface area contributed by atoms with Gasteiger partial charge in [0.25, 0.3) is 11.5 Å². The Morgan fingerprint density at radius 2 is 1.87 bits per heavy atom. The summed E-state index contributed by atoms with van der Waals surface area (Å²) in [5, 5.41) is 7.53. The molecule has 0 saturated carbocycles. The molecule has 2 saturated heterocycles. The van der Waals surface area contributed by atoms with Crippen LogP contribution < -0.4 is 10.3 Å². The molecular formula is C22H23N5O4. The second kappa shape index (κ2) is 8.07. The second-order valence-corrected chi connectivity index (χ2v) is 8.03. The van der Waals surface area contributed by atoms with Crippen molar-refractivity contribution in [2.45, 2.75) is 37.4 Å². The summed E-state index contributed by atoms with van der Waals surface area (Å²) in [6.07, 6.45) is 6.28. The lowest BCUT2D eigenvalue weighted by molar-refractivity contribution is -0.136. The standard InChI is InChI=1S/C22H23N5O4/c28-19-17-5-2-1-4-16(17)18(25-26-19)20(29)27-11-7-22(8-12-27)14-15(6-13-30-22)31-21-23-9-3-10-24-21/h1-5,9-10,15H,6-8,11-14H2,(H,26,28). The van der Waals surface area contributed by atoms with Crippen molar-refractivity contribution in [1.29, 1.82) is 0 Å². The SMILES string of the molecule is O=C(c1n[nH]c(=O)c2ccccc12)N1CCC2(CC1)CC(Oc1ncccn1)CCO2. The number of fused-ring (bicyclic) bond motifs is 1. The first-order chi connectivity index (χ1) is 15.1. The fourth-order valence-corrected chi connectivity index (χ4v) is 4.47. The summed E-state index contributed by atoms with van der Waals surface area (Å²) >= 11 is 0.